The minimum atomic E-state index is -0.221. The van der Waals surface area contributed by atoms with Gasteiger partial charge in [0.1, 0.15) is 11.5 Å². The van der Waals surface area contributed by atoms with Gasteiger partial charge < -0.3 is 18.6 Å². The van der Waals surface area contributed by atoms with Crippen LogP contribution in [0.4, 0.5) is 0 Å². The van der Waals surface area contributed by atoms with Crippen molar-refractivity contribution in [3.8, 4) is 11.5 Å². The SMILES string of the molecule is COc1ccc(C(=O)Cn2c(=N)n(CC(=O)c3ccc(OC)cc3)c3cc(C(=O)c4ccccc4)ccc32)cc1. The lowest BCUT2D eigenvalue weighted by Crippen LogP contribution is -2.29. The Balaban J connectivity index is 1.56. The summed E-state index contributed by atoms with van der Waals surface area (Å²) in [4.78, 5) is 39.7. The highest BCUT2D eigenvalue weighted by Gasteiger charge is 2.19. The van der Waals surface area contributed by atoms with Gasteiger partial charge >= 0.3 is 0 Å². The van der Waals surface area contributed by atoms with Crippen LogP contribution in [-0.4, -0.2) is 40.7 Å². The van der Waals surface area contributed by atoms with Crippen LogP contribution in [0.25, 0.3) is 11.0 Å². The van der Waals surface area contributed by atoms with E-state index in [4.69, 9.17) is 14.9 Å². The van der Waals surface area contributed by atoms with E-state index in [1.165, 1.54) is 4.57 Å². The molecule has 1 heterocycles. The maximum Gasteiger partial charge on any atom is 0.203 e. The number of Topliss-reactive ketones (excluding diaryl/α,β-unsaturated/α-hetero) is 2. The van der Waals surface area contributed by atoms with Crippen LogP contribution in [-0.2, 0) is 13.1 Å². The summed E-state index contributed by atoms with van der Waals surface area (Å²) in [5, 5.41) is 8.95. The molecule has 0 atom stereocenters. The average Bonchev–Trinajstić information content (AvgIpc) is 3.26. The molecule has 0 saturated heterocycles. The van der Waals surface area contributed by atoms with Crippen molar-refractivity contribution in [2.75, 3.05) is 14.2 Å². The summed E-state index contributed by atoms with van der Waals surface area (Å²) in [5.41, 5.74) is 2.93. The van der Waals surface area contributed by atoms with Crippen LogP contribution in [0.15, 0.2) is 97.1 Å². The highest BCUT2D eigenvalue weighted by Crippen LogP contribution is 2.21. The largest absolute Gasteiger partial charge is 0.497 e. The third kappa shape index (κ3) is 5.19. The third-order valence-electron chi connectivity index (χ3n) is 6.79. The number of fused-ring (bicyclic) bond motifs is 1. The van der Waals surface area contributed by atoms with Crippen LogP contribution in [0.5, 0.6) is 11.5 Å². The van der Waals surface area contributed by atoms with E-state index in [0.717, 1.165) is 0 Å². The molecule has 0 amide bonds. The number of methoxy groups -OCH3 is 2. The molecule has 1 aromatic heterocycles. The number of benzene rings is 4. The zero-order valence-corrected chi connectivity index (χ0v) is 22.1. The smallest absolute Gasteiger partial charge is 0.203 e. The Bertz CT molecular complexity index is 1770. The van der Waals surface area contributed by atoms with E-state index in [2.05, 4.69) is 0 Å². The first-order valence-corrected chi connectivity index (χ1v) is 12.6. The first kappa shape index (κ1) is 26.4. The molecule has 8 heteroatoms. The predicted molar refractivity (Wildman–Crippen MR) is 150 cm³/mol. The number of carbonyl (C=O) groups is 3. The fraction of sp³-hybridized carbons (Fsp3) is 0.125. The van der Waals surface area contributed by atoms with Crippen molar-refractivity contribution in [1.29, 1.82) is 5.41 Å². The number of imidazole rings is 1. The predicted octanol–water partition coefficient (Wildman–Crippen LogP) is 4.94. The van der Waals surface area contributed by atoms with E-state index in [-0.39, 0.29) is 36.1 Å². The molecule has 0 bridgehead atoms. The van der Waals surface area contributed by atoms with Gasteiger partial charge in [-0.15, -0.1) is 0 Å². The third-order valence-corrected chi connectivity index (χ3v) is 6.79. The maximum absolute atomic E-state index is 13.3. The summed E-state index contributed by atoms with van der Waals surface area (Å²) in [6.07, 6.45) is 0. The summed E-state index contributed by atoms with van der Waals surface area (Å²) in [6.45, 7) is -0.258. The van der Waals surface area contributed by atoms with E-state index in [1.807, 2.05) is 6.07 Å². The maximum atomic E-state index is 13.3. The van der Waals surface area contributed by atoms with Gasteiger partial charge in [-0.05, 0) is 66.7 Å². The number of aromatic nitrogens is 2. The summed E-state index contributed by atoms with van der Waals surface area (Å²) in [7, 11) is 3.10. The molecule has 0 unspecified atom stereocenters. The van der Waals surface area contributed by atoms with Gasteiger partial charge in [0.25, 0.3) is 0 Å². The van der Waals surface area contributed by atoms with Crippen LogP contribution in [0.1, 0.15) is 36.6 Å². The van der Waals surface area contributed by atoms with Crippen molar-refractivity contribution in [1.82, 2.24) is 9.13 Å². The summed E-state index contributed by atoms with van der Waals surface area (Å²) in [6, 6.07) is 27.5. The normalized spacial score (nSPS) is 10.8. The minimum Gasteiger partial charge on any atom is -0.497 e. The Morgan fingerprint density at radius 1 is 0.600 bits per heavy atom. The van der Waals surface area contributed by atoms with E-state index >= 15 is 0 Å². The molecule has 200 valence electrons. The van der Waals surface area contributed by atoms with E-state index in [9.17, 15) is 14.4 Å². The zero-order chi connectivity index (χ0) is 28.2. The van der Waals surface area contributed by atoms with Gasteiger partial charge in [0.15, 0.2) is 17.3 Å². The van der Waals surface area contributed by atoms with E-state index in [1.54, 1.807) is 110 Å². The van der Waals surface area contributed by atoms with Crippen molar-refractivity contribution in [2.45, 2.75) is 13.1 Å². The standard InChI is InChI=1S/C32H27N3O5/c1-39-25-13-8-21(9-14-25)29(36)19-34-27-17-12-24(31(38)23-6-4-3-5-7-23)18-28(27)35(32(34)33)20-30(37)22-10-15-26(40-2)16-11-22/h3-18,33H,19-20H2,1-2H3. The van der Waals surface area contributed by atoms with Gasteiger partial charge in [0, 0.05) is 22.3 Å². The van der Waals surface area contributed by atoms with Crippen molar-refractivity contribution >= 4 is 28.4 Å². The van der Waals surface area contributed by atoms with Gasteiger partial charge in [0.2, 0.25) is 5.62 Å². The van der Waals surface area contributed by atoms with Crippen molar-refractivity contribution in [3.63, 3.8) is 0 Å². The molecular weight excluding hydrogens is 506 g/mol. The number of ether oxygens (including phenoxy) is 2. The second kappa shape index (κ2) is 11.2. The Morgan fingerprint density at radius 2 is 1.07 bits per heavy atom. The van der Waals surface area contributed by atoms with Gasteiger partial charge in [-0.25, -0.2) is 0 Å². The van der Waals surface area contributed by atoms with Crippen LogP contribution in [0.3, 0.4) is 0 Å². The fourth-order valence-electron chi connectivity index (χ4n) is 4.58. The summed E-state index contributed by atoms with van der Waals surface area (Å²) >= 11 is 0. The average molecular weight is 534 g/mol. The minimum absolute atomic E-state index is 0.0250. The van der Waals surface area contributed by atoms with Crippen LogP contribution in [0, 0.1) is 5.41 Å². The number of ketones is 3. The highest BCUT2D eigenvalue weighted by atomic mass is 16.5. The zero-order valence-electron chi connectivity index (χ0n) is 22.1. The van der Waals surface area contributed by atoms with Crippen molar-refractivity contribution in [2.24, 2.45) is 0 Å². The lowest BCUT2D eigenvalue weighted by atomic mass is 10.0. The molecule has 0 radical (unpaired) electrons. The van der Waals surface area contributed by atoms with Crippen molar-refractivity contribution in [3.05, 3.63) is 125 Å². The molecule has 5 rings (SSSR count). The molecule has 0 saturated carbocycles. The second-order valence-corrected chi connectivity index (χ2v) is 9.20. The van der Waals surface area contributed by atoms with Gasteiger partial charge in [-0.3, -0.25) is 19.8 Å². The number of hydrogen-bond acceptors (Lipinski definition) is 6. The Kier molecular flexibility index (Phi) is 7.41. The van der Waals surface area contributed by atoms with E-state index < -0.39 is 0 Å². The number of rotatable bonds is 10. The Morgan fingerprint density at radius 3 is 1.57 bits per heavy atom. The molecule has 1 N–H and O–H groups in total. The van der Waals surface area contributed by atoms with Gasteiger partial charge in [-0.2, -0.15) is 0 Å². The molecule has 4 aromatic carbocycles. The monoisotopic (exact) mass is 533 g/mol. The van der Waals surface area contributed by atoms with Crippen LogP contribution < -0.4 is 15.1 Å². The molecule has 0 spiro atoms. The number of nitrogens with one attached hydrogen (secondary N) is 1. The van der Waals surface area contributed by atoms with Gasteiger partial charge in [-0.1, -0.05) is 30.3 Å². The second-order valence-electron chi connectivity index (χ2n) is 9.20. The molecular formula is C32H27N3O5. The Labute approximate surface area is 230 Å². The molecule has 0 aliphatic carbocycles. The molecule has 8 nitrogen and oxygen atoms in total. The van der Waals surface area contributed by atoms with Gasteiger partial charge in [0.05, 0.1) is 38.3 Å². The summed E-state index contributed by atoms with van der Waals surface area (Å²) in [5.74, 6) is 0.662. The van der Waals surface area contributed by atoms with Crippen LogP contribution in [0.2, 0.25) is 0 Å². The number of hydrogen-bond donors (Lipinski definition) is 1. The fourth-order valence-corrected chi connectivity index (χ4v) is 4.58. The lowest BCUT2D eigenvalue weighted by Gasteiger charge is -2.07. The molecule has 0 aliphatic rings. The van der Waals surface area contributed by atoms with Crippen LogP contribution >= 0.6 is 0 Å². The Hall–Kier alpha value is -5.24. The summed E-state index contributed by atoms with van der Waals surface area (Å²) < 4.78 is 13.5. The van der Waals surface area contributed by atoms with Crippen molar-refractivity contribution < 1.29 is 23.9 Å². The molecule has 0 aliphatic heterocycles. The highest BCUT2D eigenvalue weighted by molar-refractivity contribution is 6.10. The molecule has 5 aromatic rings. The topological polar surface area (TPSA) is 103 Å². The van der Waals surface area contributed by atoms with E-state index in [0.29, 0.717) is 44.8 Å². The number of carbonyl (C=O) groups excluding carboxylic acids is 3. The first-order chi connectivity index (χ1) is 19.4. The lowest BCUT2D eigenvalue weighted by molar-refractivity contribution is 0.0970. The quantitative estimate of drug-likeness (QED) is 0.256. The molecule has 0 fully saturated rings. The first-order valence-electron chi connectivity index (χ1n) is 12.6. The number of nitrogens with zero attached hydrogens (tertiary/aromatic N) is 2. The molecule has 40 heavy (non-hydrogen) atoms.